The van der Waals surface area contributed by atoms with Gasteiger partial charge >= 0.3 is 5.97 Å². The molecular formula is C15H24N2O2. The molecule has 1 aromatic rings. The van der Waals surface area contributed by atoms with Gasteiger partial charge in [-0.3, -0.25) is 9.78 Å². The third-order valence-corrected chi connectivity index (χ3v) is 3.40. The minimum atomic E-state index is -0.717. The van der Waals surface area contributed by atoms with E-state index in [1.54, 1.807) is 6.20 Å². The summed E-state index contributed by atoms with van der Waals surface area (Å²) in [4.78, 5) is 14.9. The Kier molecular flexibility index (Phi) is 5.96. The number of nitrogens with one attached hydrogen (secondary N) is 1. The maximum atomic E-state index is 10.6. The van der Waals surface area contributed by atoms with Crippen LogP contribution >= 0.6 is 0 Å². The van der Waals surface area contributed by atoms with Crippen LogP contribution in [0, 0.1) is 12.3 Å². The first-order valence-electron chi connectivity index (χ1n) is 6.74. The summed E-state index contributed by atoms with van der Waals surface area (Å²) in [6.07, 6.45) is 3.73. The van der Waals surface area contributed by atoms with Crippen molar-refractivity contribution in [1.29, 1.82) is 0 Å². The zero-order chi connectivity index (χ0) is 14.3. The quantitative estimate of drug-likeness (QED) is 0.709. The van der Waals surface area contributed by atoms with Crippen LogP contribution in [-0.4, -0.2) is 22.6 Å². The number of carboxylic acid groups (broad SMARTS) is 1. The van der Waals surface area contributed by atoms with Crippen LogP contribution in [0.2, 0.25) is 0 Å². The molecule has 1 aromatic heterocycles. The molecule has 0 fully saturated rings. The second kappa shape index (κ2) is 7.24. The van der Waals surface area contributed by atoms with Gasteiger partial charge in [0.2, 0.25) is 0 Å². The lowest BCUT2D eigenvalue weighted by molar-refractivity contribution is -0.137. The van der Waals surface area contributed by atoms with Gasteiger partial charge in [0.1, 0.15) is 0 Å². The summed E-state index contributed by atoms with van der Waals surface area (Å²) < 4.78 is 0. The summed E-state index contributed by atoms with van der Waals surface area (Å²) >= 11 is 0. The first kappa shape index (κ1) is 15.6. The average Bonchev–Trinajstić information content (AvgIpc) is 2.34. The first-order valence-corrected chi connectivity index (χ1v) is 6.74. The molecule has 0 saturated carbocycles. The number of hydrogen-bond donors (Lipinski definition) is 2. The van der Waals surface area contributed by atoms with Crippen LogP contribution in [0.3, 0.4) is 0 Å². The van der Waals surface area contributed by atoms with Crippen molar-refractivity contribution in [2.45, 2.75) is 46.6 Å². The van der Waals surface area contributed by atoms with Crippen molar-refractivity contribution in [2.24, 2.45) is 5.41 Å². The van der Waals surface area contributed by atoms with E-state index < -0.39 is 5.97 Å². The first-order chi connectivity index (χ1) is 8.91. The summed E-state index contributed by atoms with van der Waals surface area (Å²) in [5.41, 5.74) is 2.33. The van der Waals surface area contributed by atoms with E-state index in [1.807, 2.05) is 6.07 Å². The number of aromatic nitrogens is 1. The Bertz CT molecular complexity index is 416. The number of hydrogen-bond acceptors (Lipinski definition) is 3. The lowest BCUT2D eigenvalue weighted by atomic mass is 9.84. The highest BCUT2D eigenvalue weighted by atomic mass is 16.4. The Morgan fingerprint density at radius 3 is 2.79 bits per heavy atom. The molecule has 106 valence electrons. The molecular weight excluding hydrogens is 240 g/mol. The zero-order valence-electron chi connectivity index (χ0n) is 12.1. The molecule has 0 radical (unpaired) electrons. The molecule has 1 rings (SSSR count). The fourth-order valence-electron chi connectivity index (χ4n) is 1.91. The van der Waals surface area contributed by atoms with Crippen molar-refractivity contribution < 1.29 is 9.90 Å². The molecule has 0 aliphatic carbocycles. The van der Waals surface area contributed by atoms with E-state index >= 15 is 0 Å². The number of carbonyl (C=O) groups is 1. The molecule has 0 aromatic carbocycles. The Morgan fingerprint density at radius 2 is 2.16 bits per heavy atom. The normalized spacial score (nSPS) is 11.5. The van der Waals surface area contributed by atoms with E-state index in [-0.39, 0.29) is 11.8 Å². The van der Waals surface area contributed by atoms with Gasteiger partial charge < -0.3 is 10.4 Å². The Labute approximate surface area is 115 Å². The summed E-state index contributed by atoms with van der Waals surface area (Å²) in [6, 6.07) is 3.99. The minimum absolute atomic E-state index is 0.0601. The number of aryl methyl sites for hydroxylation is 1. The molecule has 4 nitrogen and oxygen atoms in total. The van der Waals surface area contributed by atoms with E-state index in [0.717, 1.165) is 25.2 Å². The fraction of sp³-hybridized carbons (Fsp3) is 0.600. The third kappa shape index (κ3) is 6.34. The van der Waals surface area contributed by atoms with Gasteiger partial charge in [-0.05, 0) is 43.4 Å². The van der Waals surface area contributed by atoms with Crippen molar-refractivity contribution in [2.75, 3.05) is 6.54 Å². The average molecular weight is 264 g/mol. The molecule has 1 heterocycles. The SMILES string of the molecule is Cc1cccnc1CNCCC(C)(C)CCC(=O)O. The highest BCUT2D eigenvalue weighted by molar-refractivity contribution is 5.66. The molecule has 0 spiro atoms. The summed E-state index contributed by atoms with van der Waals surface area (Å²) in [6.45, 7) is 7.93. The number of rotatable bonds is 8. The Morgan fingerprint density at radius 1 is 1.42 bits per heavy atom. The largest absolute Gasteiger partial charge is 0.481 e. The molecule has 4 heteroatoms. The Hall–Kier alpha value is -1.42. The van der Waals surface area contributed by atoms with Crippen molar-refractivity contribution >= 4 is 5.97 Å². The highest BCUT2D eigenvalue weighted by Crippen LogP contribution is 2.26. The van der Waals surface area contributed by atoms with Crippen LogP contribution in [-0.2, 0) is 11.3 Å². The molecule has 2 N–H and O–H groups in total. The second-order valence-corrected chi connectivity index (χ2v) is 5.75. The third-order valence-electron chi connectivity index (χ3n) is 3.40. The van der Waals surface area contributed by atoms with E-state index in [9.17, 15) is 4.79 Å². The van der Waals surface area contributed by atoms with Gasteiger partial charge in [0, 0.05) is 19.2 Å². The zero-order valence-corrected chi connectivity index (χ0v) is 12.1. The second-order valence-electron chi connectivity index (χ2n) is 5.75. The van der Waals surface area contributed by atoms with Crippen LogP contribution in [0.5, 0.6) is 0 Å². The molecule has 0 amide bonds. The summed E-state index contributed by atoms with van der Waals surface area (Å²) in [5.74, 6) is -0.717. The molecule has 0 aliphatic rings. The number of nitrogens with zero attached hydrogens (tertiary/aromatic N) is 1. The molecule has 19 heavy (non-hydrogen) atoms. The molecule has 0 aliphatic heterocycles. The van der Waals surface area contributed by atoms with Gasteiger partial charge in [0.15, 0.2) is 0 Å². The van der Waals surface area contributed by atoms with Gasteiger partial charge in [0.25, 0.3) is 0 Å². The summed E-state index contributed by atoms with van der Waals surface area (Å²) in [7, 11) is 0. The van der Waals surface area contributed by atoms with E-state index in [1.165, 1.54) is 5.56 Å². The monoisotopic (exact) mass is 264 g/mol. The van der Waals surface area contributed by atoms with Gasteiger partial charge in [-0.15, -0.1) is 0 Å². The van der Waals surface area contributed by atoms with Gasteiger partial charge in [-0.25, -0.2) is 0 Å². The Balaban J connectivity index is 2.27. The standard InChI is InChI=1S/C15H24N2O2/c1-12-5-4-9-17-13(12)11-16-10-8-15(2,3)7-6-14(18)19/h4-5,9,16H,6-8,10-11H2,1-3H3,(H,18,19). The predicted octanol–water partition coefficient (Wildman–Crippen LogP) is 2.76. The van der Waals surface area contributed by atoms with Crippen molar-refractivity contribution in [3.8, 4) is 0 Å². The number of pyridine rings is 1. The fourth-order valence-corrected chi connectivity index (χ4v) is 1.91. The number of aliphatic carboxylic acids is 1. The van der Waals surface area contributed by atoms with E-state index in [4.69, 9.17) is 5.11 Å². The van der Waals surface area contributed by atoms with Crippen LogP contribution in [0.25, 0.3) is 0 Å². The van der Waals surface area contributed by atoms with Gasteiger partial charge in [0.05, 0.1) is 5.69 Å². The highest BCUT2D eigenvalue weighted by Gasteiger charge is 2.18. The lowest BCUT2D eigenvalue weighted by Gasteiger charge is -2.23. The molecule has 0 bridgehead atoms. The molecule has 0 saturated heterocycles. The topological polar surface area (TPSA) is 62.2 Å². The predicted molar refractivity (Wildman–Crippen MR) is 75.9 cm³/mol. The smallest absolute Gasteiger partial charge is 0.303 e. The lowest BCUT2D eigenvalue weighted by Crippen LogP contribution is -2.23. The maximum Gasteiger partial charge on any atom is 0.303 e. The van der Waals surface area contributed by atoms with Crippen LogP contribution in [0.4, 0.5) is 0 Å². The molecule has 0 atom stereocenters. The van der Waals surface area contributed by atoms with E-state index in [0.29, 0.717) is 6.42 Å². The van der Waals surface area contributed by atoms with Crippen LogP contribution in [0.15, 0.2) is 18.3 Å². The minimum Gasteiger partial charge on any atom is -0.481 e. The molecule has 0 unspecified atom stereocenters. The van der Waals surface area contributed by atoms with Crippen molar-refractivity contribution in [1.82, 2.24) is 10.3 Å². The van der Waals surface area contributed by atoms with Crippen molar-refractivity contribution in [3.05, 3.63) is 29.6 Å². The van der Waals surface area contributed by atoms with Crippen molar-refractivity contribution in [3.63, 3.8) is 0 Å². The van der Waals surface area contributed by atoms with Gasteiger partial charge in [-0.1, -0.05) is 19.9 Å². The van der Waals surface area contributed by atoms with Gasteiger partial charge in [-0.2, -0.15) is 0 Å². The summed E-state index contributed by atoms with van der Waals surface area (Å²) in [5, 5.41) is 12.1. The number of carboxylic acids is 1. The van der Waals surface area contributed by atoms with Crippen LogP contribution in [0.1, 0.15) is 44.4 Å². The maximum absolute atomic E-state index is 10.6. The van der Waals surface area contributed by atoms with E-state index in [2.05, 4.69) is 37.1 Å². The van der Waals surface area contributed by atoms with Crippen LogP contribution < -0.4 is 5.32 Å².